The summed E-state index contributed by atoms with van der Waals surface area (Å²) in [7, 11) is -3.71. The van der Waals surface area contributed by atoms with Gasteiger partial charge in [-0.25, -0.2) is 13.6 Å². The molecule has 0 bridgehead atoms. The molecule has 6 heteroatoms. The Morgan fingerprint density at radius 2 is 1.65 bits per heavy atom. The van der Waals surface area contributed by atoms with Crippen molar-refractivity contribution < 1.29 is 13.2 Å². The average molecular weight is 368 g/mol. The van der Waals surface area contributed by atoms with E-state index < -0.39 is 10.0 Å². The summed E-state index contributed by atoms with van der Waals surface area (Å²) >= 11 is 0. The van der Waals surface area contributed by atoms with Crippen LogP contribution in [0.4, 0.5) is 0 Å². The van der Waals surface area contributed by atoms with Crippen LogP contribution >= 0.6 is 0 Å². The number of rotatable bonds is 5. The average Bonchev–Trinajstić information content (AvgIpc) is 2.61. The second kappa shape index (κ2) is 7.27. The van der Waals surface area contributed by atoms with E-state index in [4.69, 9.17) is 5.14 Å². The minimum Gasteiger partial charge on any atom is -0.349 e. The van der Waals surface area contributed by atoms with E-state index in [1.54, 1.807) is 12.1 Å². The molecule has 0 fully saturated rings. The minimum absolute atomic E-state index is 0.0518. The lowest BCUT2D eigenvalue weighted by molar-refractivity contribution is -0.121. The molecular weight excluding hydrogens is 348 g/mol. The van der Waals surface area contributed by atoms with Crippen molar-refractivity contribution in [1.82, 2.24) is 5.32 Å². The Balaban J connectivity index is 1.66. The first-order chi connectivity index (χ1) is 12.3. The molecule has 3 aromatic rings. The van der Waals surface area contributed by atoms with Crippen LogP contribution in [0.5, 0.6) is 0 Å². The highest BCUT2D eigenvalue weighted by Crippen LogP contribution is 2.18. The summed E-state index contributed by atoms with van der Waals surface area (Å²) < 4.78 is 22.6. The summed E-state index contributed by atoms with van der Waals surface area (Å²) in [6.07, 6.45) is 0.282. The molecule has 0 saturated carbocycles. The van der Waals surface area contributed by atoms with Crippen LogP contribution in [0.15, 0.2) is 71.6 Å². The van der Waals surface area contributed by atoms with Crippen molar-refractivity contribution in [2.75, 3.05) is 0 Å². The molecule has 1 unspecified atom stereocenters. The second-order valence-corrected chi connectivity index (χ2v) is 7.82. The zero-order chi connectivity index (χ0) is 18.7. The molecule has 1 amide bonds. The van der Waals surface area contributed by atoms with E-state index >= 15 is 0 Å². The number of hydrogen-bond acceptors (Lipinski definition) is 3. The van der Waals surface area contributed by atoms with E-state index in [1.807, 2.05) is 49.4 Å². The van der Waals surface area contributed by atoms with Gasteiger partial charge in [-0.15, -0.1) is 0 Å². The number of primary sulfonamides is 1. The molecule has 0 aliphatic rings. The molecule has 26 heavy (non-hydrogen) atoms. The van der Waals surface area contributed by atoms with E-state index in [0.717, 1.165) is 21.9 Å². The third-order valence-corrected chi connectivity index (χ3v) is 5.19. The second-order valence-electron chi connectivity index (χ2n) is 6.26. The van der Waals surface area contributed by atoms with Crippen LogP contribution in [0.1, 0.15) is 24.1 Å². The van der Waals surface area contributed by atoms with Crippen molar-refractivity contribution in [3.63, 3.8) is 0 Å². The summed E-state index contributed by atoms with van der Waals surface area (Å²) in [4.78, 5) is 12.4. The third-order valence-electron chi connectivity index (χ3n) is 4.26. The minimum atomic E-state index is -3.71. The van der Waals surface area contributed by atoms with Crippen molar-refractivity contribution in [2.24, 2.45) is 5.14 Å². The highest BCUT2D eigenvalue weighted by atomic mass is 32.2. The Bertz CT molecular complexity index is 1040. The number of nitrogens with one attached hydrogen (secondary N) is 1. The molecule has 134 valence electrons. The predicted molar refractivity (Wildman–Crippen MR) is 102 cm³/mol. The molecule has 5 nitrogen and oxygen atoms in total. The van der Waals surface area contributed by atoms with E-state index in [-0.39, 0.29) is 23.3 Å². The number of carbonyl (C=O) groups is 1. The first-order valence-electron chi connectivity index (χ1n) is 8.23. The smallest absolute Gasteiger partial charge is 0.238 e. The molecule has 1 atom stereocenters. The molecule has 3 rings (SSSR count). The van der Waals surface area contributed by atoms with Crippen LogP contribution in [-0.2, 0) is 21.2 Å². The van der Waals surface area contributed by atoms with E-state index in [0.29, 0.717) is 0 Å². The lowest BCUT2D eigenvalue weighted by Crippen LogP contribution is -2.28. The van der Waals surface area contributed by atoms with Crippen LogP contribution in [0.3, 0.4) is 0 Å². The van der Waals surface area contributed by atoms with Crippen LogP contribution in [0.2, 0.25) is 0 Å². The van der Waals surface area contributed by atoms with Gasteiger partial charge < -0.3 is 5.32 Å². The normalized spacial score (nSPS) is 12.7. The van der Waals surface area contributed by atoms with E-state index in [1.165, 1.54) is 12.1 Å². The SMILES string of the molecule is CC(NC(=O)Cc1ccc2ccccc2c1)c1ccc(S(N)(=O)=O)cc1. The maximum atomic E-state index is 12.3. The number of fused-ring (bicyclic) bond motifs is 1. The fourth-order valence-electron chi connectivity index (χ4n) is 2.86. The van der Waals surface area contributed by atoms with Gasteiger partial charge in [0.1, 0.15) is 0 Å². The molecular formula is C20H20N2O3S. The molecule has 3 aromatic carbocycles. The molecule has 0 spiro atoms. The molecule has 0 radical (unpaired) electrons. The van der Waals surface area contributed by atoms with Gasteiger partial charge in [0.05, 0.1) is 17.4 Å². The summed E-state index contributed by atoms with van der Waals surface area (Å²) in [5.41, 5.74) is 1.75. The summed E-state index contributed by atoms with van der Waals surface area (Å²) in [6.45, 7) is 1.85. The Kier molecular flexibility index (Phi) is 5.06. The Morgan fingerprint density at radius 3 is 2.31 bits per heavy atom. The zero-order valence-electron chi connectivity index (χ0n) is 14.3. The van der Waals surface area contributed by atoms with Gasteiger partial charge in [-0.3, -0.25) is 4.79 Å². The molecule has 3 N–H and O–H groups in total. The van der Waals surface area contributed by atoms with Crippen molar-refractivity contribution in [2.45, 2.75) is 24.3 Å². The molecule has 0 aliphatic carbocycles. The zero-order valence-corrected chi connectivity index (χ0v) is 15.2. The van der Waals surface area contributed by atoms with Crippen LogP contribution < -0.4 is 10.5 Å². The highest BCUT2D eigenvalue weighted by molar-refractivity contribution is 7.89. The number of sulfonamides is 1. The van der Waals surface area contributed by atoms with Gasteiger partial charge in [0.2, 0.25) is 15.9 Å². The van der Waals surface area contributed by atoms with Crippen molar-refractivity contribution in [1.29, 1.82) is 0 Å². The van der Waals surface area contributed by atoms with Crippen molar-refractivity contribution in [3.05, 3.63) is 77.9 Å². The van der Waals surface area contributed by atoms with E-state index in [9.17, 15) is 13.2 Å². The highest BCUT2D eigenvalue weighted by Gasteiger charge is 2.12. The fourth-order valence-corrected chi connectivity index (χ4v) is 3.37. The van der Waals surface area contributed by atoms with Gasteiger partial charge in [-0.2, -0.15) is 0 Å². The lowest BCUT2D eigenvalue weighted by atomic mass is 10.0. The fraction of sp³-hybridized carbons (Fsp3) is 0.150. The number of nitrogens with two attached hydrogens (primary N) is 1. The van der Waals surface area contributed by atoms with E-state index in [2.05, 4.69) is 5.32 Å². The maximum absolute atomic E-state index is 12.3. The van der Waals surface area contributed by atoms with Gasteiger partial charge in [0, 0.05) is 0 Å². The molecule has 0 aliphatic heterocycles. The molecule has 0 heterocycles. The number of benzene rings is 3. The van der Waals surface area contributed by atoms with Gasteiger partial charge in [-0.1, -0.05) is 54.6 Å². The summed E-state index contributed by atoms with van der Waals surface area (Å²) in [5, 5.41) is 10.3. The van der Waals surface area contributed by atoms with Gasteiger partial charge >= 0.3 is 0 Å². The Hall–Kier alpha value is -2.70. The van der Waals surface area contributed by atoms with Crippen molar-refractivity contribution in [3.8, 4) is 0 Å². The lowest BCUT2D eigenvalue weighted by Gasteiger charge is -2.15. The third kappa shape index (κ3) is 4.28. The number of carbonyl (C=O) groups excluding carboxylic acids is 1. The first-order valence-corrected chi connectivity index (χ1v) is 9.77. The van der Waals surface area contributed by atoms with Crippen LogP contribution in [-0.4, -0.2) is 14.3 Å². The Morgan fingerprint density at radius 1 is 1.00 bits per heavy atom. The Labute approximate surface area is 152 Å². The first kappa shape index (κ1) is 18.1. The number of hydrogen-bond donors (Lipinski definition) is 2. The quantitative estimate of drug-likeness (QED) is 0.726. The van der Waals surface area contributed by atoms with Crippen LogP contribution in [0.25, 0.3) is 10.8 Å². The molecule has 0 saturated heterocycles. The summed E-state index contributed by atoms with van der Waals surface area (Å²) in [5.74, 6) is -0.0942. The van der Waals surface area contributed by atoms with Gasteiger partial charge in [-0.05, 0) is 41.0 Å². The van der Waals surface area contributed by atoms with Crippen LogP contribution in [0, 0.1) is 0 Å². The predicted octanol–water partition coefficient (Wildman–Crippen LogP) is 2.91. The van der Waals surface area contributed by atoms with Crippen molar-refractivity contribution >= 4 is 26.7 Å². The maximum Gasteiger partial charge on any atom is 0.238 e. The number of amides is 1. The standard InChI is InChI=1S/C20H20N2O3S/c1-14(16-8-10-19(11-9-16)26(21,24)25)22-20(23)13-15-6-7-17-4-2-3-5-18(17)12-15/h2-12,14H,13H2,1H3,(H,22,23)(H2,21,24,25). The largest absolute Gasteiger partial charge is 0.349 e. The monoisotopic (exact) mass is 368 g/mol. The molecule has 0 aromatic heterocycles. The van der Waals surface area contributed by atoms with Gasteiger partial charge in [0.15, 0.2) is 0 Å². The topological polar surface area (TPSA) is 89.3 Å². The van der Waals surface area contributed by atoms with Gasteiger partial charge in [0.25, 0.3) is 0 Å². The summed E-state index contributed by atoms with van der Waals surface area (Å²) in [6, 6.07) is 19.9.